The summed E-state index contributed by atoms with van der Waals surface area (Å²) in [6.45, 7) is 0.792. The number of hydrogen-bond acceptors (Lipinski definition) is 3. The van der Waals surface area contributed by atoms with E-state index in [-0.39, 0.29) is 41.5 Å². The van der Waals surface area contributed by atoms with Gasteiger partial charge in [-0.1, -0.05) is 12.8 Å². The van der Waals surface area contributed by atoms with Gasteiger partial charge in [-0.25, -0.2) is 0 Å². The molecule has 1 saturated heterocycles. The molecule has 0 bridgehead atoms. The second-order valence-corrected chi connectivity index (χ2v) is 7.28. The molecule has 3 N–H and O–H groups in total. The van der Waals surface area contributed by atoms with Crippen LogP contribution in [0.2, 0.25) is 0 Å². The maximum atomic E-state index is 13.3. The Labute approximate surface area is 168 Å². The highest BCUT2D eigenvalue weighted by Gasteiger charge is 2.34. The predicted molar refractivity (Wildman–Crippen MR) is 103 cm³/mol. The number of benzene rings is 1. The van der Waals surface area contributed by atoms with Crippen molar-refractivity contribution in [2.45, 2.75) is 50.7 Å². The van der Waals surface area contributed by atoms with E-state index in [9.17, 15) is 22.8 Å². The van der Waals surface area contributed by atoms with Crippen LogP contribution >= 0.6 is 12.4 Å². The molecule has 1 aliphatic heterocycles. The lowest BCUT2D eigenvalue weighted by atomic mass is 9.84. The van der Waals surface area contributed by atoms with Crippen LogP contribution in [0.15, 0.2) is 18.2 Å². The van der Waals surface area contributed by atoms with E-state index in [1.807, 2.05) is 0 Å². The summed E-state index contributed by atoms with van der Waals surface area (Å²) < 4.78 is 40.0. The third-order valence-electron chi connectivity index (χ3n) is 5.42. The van der Waals surface area contributed by atoms with Gasteiger partial charge in [0.1, 0.15) is 0 Å². The molecular formula is C19H25ClF3N3O2. The zero-order chi connectivity index (χ0) is 19.6. The van der Waals surface area contributed by atoms with Gasteiger partial charge < -0.3 is 16.0 Å². The molecule has 9 heteroatoms. The molecule has 2 amide bonds. The highest BCUT2D eigenvalue weighted by molar-refractivity contribution is 5.99. The molecule has 0 aromatic heterocycles. The SMILES string of the molecule is Cl.NCC1CCCCC1NC(=O)c1cc(N2CCCC2=O)cc(C(F)(F)F)c1. The molecule has 156 valence electrons. The highest BCUT2D eigenvalue weighted by Crippen LogP contribution is 2.34. The number of hydrogen-bond donors (Lipinski definition) is 2. The summed E-state index contributed by atoms with van der Waals surface area (Å²) in [7, 11) is 0. The van der Waals surface area contributed by atoms with Crippen molar-refractivity contribution in [3.05, 3.63) is 29.3 Å². The number of amides is 2. The minimum atomic E-state index is -4.60. The molecule has 2 unspecified atom stereocenters. The van der Waals surface area contributed by atoms with Crippen molar-refractivity contribution < 1.29 is 22.8 Å². The van der Waals surface area contributed by atoms with E-state index in [4.69, 9.17) is 5.73 Å². The third kappa shape index (κ3) is 4.97. The molecule has 0 spiro atoms. The lowest BCUT2D eigenvalue weighted by molar-refractivity contribution is -0.137. The molecule has 2 atom stereocenters. The van der Waals surface area contributed by atoms with Crippen molar-refractivity contribution in [2.24, 2.45) is 11.7 Å². The van der Waals surface area contributed by atoms with Gasteiger partial charge in [-0.15, -0.1) is 12.4 Å². The zero-order valence-corrected chi connectivity index (χ0v) is 16.2. The lowest BCUT2D eigenvalue weighted by Gasteiger charge is -2.31. The summed E-state index contributed by atoms with van der Waals surface area (Å²) in [5.74, 6) is -0.649. The fraction of sp³-hybridized carbons (Fsp3) is 0.579. The molecule has 3 rings (SSSR count). The van der Waals surface area contributed by atoms with Gasteiger partial charge in [-0.05, 0) is 49.9 Å². The van der Waals surface area contributed by atoms with Gasteiger partial charge in [0.25, 0.3) is 5.91 Å². The Morgan fingerprint density at radius 3 is 2.50 bits per heavy atom. The van der Waals surface area contributed by atoms with E-state index in [1.54, 1.807) is 0 Å². The molecule has 28 heavy (non-hydrogen) atoms. The minimum Gasteiger partial charge on any atom is -0.349 e. The van der Waals surface area contributed by atoms with Crippen molar-refractivity contribution in [3.63, 3.8) is 0 Å². The third-order valence-corrected chi connectivity index (χ3v) is 5.42. The predicted octanol–water partition coefficient (Wildman–Crippen LogP) is 3.50. The molecule has 1 aromatic rings. The van der Waals surface area contributed by atoms with Crippen LogP contribution in [0.25, 0.3) is 0 Å². The summed E-state index contributed by atoms with van der Waals surface area (Å²) in [4.78, 5) is 25.9. The maximum absolute atomic E-state index is 13.3. The first-order chi connectivity index (χ1) is 12.8. The number of anilines is 1. The van der Waals surface area contributed by atoms with Crippen LogP contribution in [-0.2, 0) is 11.0 Å². The van der Waals surface area contributed by atoms with Gasteiger partial charge in [-0.3, -0.25) is 9.59 Å². The van der Waals surface area contributed by atoms with Crippen LogP contribution in [0, 0.1) is 5.92 Å². The van der Waals surface area contributed by atoms with E-state index in [0.29, 0.717) is 25.9 Å². The Balaban J connectivity index is 0.00000280. The Bertz CT molecular complexity index is 727. The van der Waals surface area contributed by atoms with Gasteiger partial charge in [-0.2, -0.15) is 13.2 Å². The van der Waals surface area contributed by atoms with Crippen molar-refractivity contribution in [2.75, 3.05) is 18.0 Å². The fourth-order valence-corrected chi connectivity index (χ4v) is 3.91. The van der Waals surface area contributed by atoms with Crippen LogP contribution in [-0.4, -0.2) is 30.9 Å². The van der Waals surface area contributed by atoms with Crippen LogP contribution in [0.1, 0.15) is 54.4 Å². The summed E-state index contributed by atoms with van der Waals surface area (Å²) in [5, 5.41) is 2.85. The van der Waals surface area contributed by atoms with Gasteiger partial charge in [0.05, 0.1) is 5.56 Å². The molecule has 1 saturated carbocycles. The molecule has 2 fully saturated rings. The van der Waals surface area contributed by atoms with Gasteiger partial charge in [0, 0.05) is 30.3 Å². The van der Waals surface area contributed by atoms with Crippen molar-refractivity contribution in [1.29, 1.82) is 0 Å². The second-order valence-electron chi connectivity index (χ2n) is 7.28. The van der Waals surface area contributed by atoms with Crippen LogP contribution in [0.4, 0.5) is 18.9 Å². The Hall–Kier alpha value is -1.80. The number of carbonyl (C=O) groups excluding carboxylic acids is 2. The Morgan fingerprint density at radius 2 is 1.89 bits per heavy atom. The average molecular weight is 420 g/mol. The Kier molecular flexibility index (Phi) is 7.33. The molecule has 1 heterocycles. The fourth-order valence-electron chi connectivity index (χ4n) is 3.91. The van der Waals surface area contributed by atoms with Crippen LogP contribution < -0.4 is 16.0 Å². The molecule has 5 nitrogen and oxygen atoms in total. The van der Waals surface area contributed by atoms with Gasteiger partial charge in [0.2, 0.25) is 5.91 Å². The lowest BCUT2D eigenvalue weighted by Crippen LogP contribution is -2.44. The topological polar surface area (TPSA) is 75.4 Å². The van der Waals surface area contributed by atoms with Gasteiger partial charge >= 0.3 is 6.18 Å². The largest absolute Gasteiger partial charge is 0.416 e. The minimum absolute atomic E-state index is 0. The molecular weight excluding hydrogens is 395 g/mol. The van der Waals surface area contributed by atoms with E-state index < -0.39 is 17.6 Å². The highest BCUT2D eigenvalue weighted by atomic mass is 35.5. The number of rotatable bonds is 4. The van der Waals surface area contributed by atoms with Crippen molar-refractivity contribution in [3.8, 4) is 0 Å². The first-order valence-electron chi connectivity index (χ1n) is 9.33. The van der Waals surface area contributed by atoms with Crippen molar-refractivity contribution in [1.82, 2.24) is 5.32 Å². The summed E-state index contributed by atoms with van der Waals surface area (Å²) in [6.07, 6.45) is -0.0362. The Morgan fingerprint density at radius 1 is 1.18 bits per heavy atom. The standard InChI is InChI=1S/C19H24F3N3O2.ClH/c20-19(21,22)14-8-13(9-15(10-14)25-7-3-6-17(25)26)18(27)24-16-5-2-1-4-12(16)11-23;/h8-10,12,16H,1-7,11,23H2,(H,24,27);1H. The molecule has 1 aromatic carbocycles. The quantitative estimate of drug-likeness (QED) is 0.784. The average Bonchev–Trinajstić information content (AvgIpc) is 3.07. The first-order valence-corrected chi connectivity index (χ1v) is 9.33. The summed E-state index contributed by atoms with van der Waals surface area (Å²) in [5.41, 5.74) is 4.88. The monoisotopic (exact) mass is 419 g/mol. The van der Waals surface area contributed by atoms with Gasteiger partial charge in [0.15, 0.2) is 0 Å². The van der Waals surface area contributed by atoms with E-state index in [1.165, 1.54) is 11.0 Å². The van der Waals surface area contributed by atoms with E-state index >= 15 is 0 Å². The number of halogens is 4. The summed E-state index contributed by atoms with van der Waals surface area (Å²) in [6, 6.07) is 3.01. The second kappa shape index (κ2) is 9.13. The van der Waals surface area contributed by atoms with Crippen molar-refractivity contribution >= 4 is 29.9 Å². The first kappa shape index (κ1) is 22.5. The van der Waals surface area contributed by atoms with Crippen LogP contribution in [0.5, 0.6) is 0 Å². The number of nitrogens with one attached hydrogen (secondary N) is 1. The summed E-state index contributed by atoms with van der Waals surface area (Å²) >= 11 is 0. The normalized spacial score (nSPS) is 22.7. The van der Waals surface area contributed by atoms with E-state index in [2.05, 4.69) is 5.32 Å². The smallest absolute Gasteiger partial charge is 0.349 e. The molecule has 0 radical (unpaired) electrons. The number of nitrogens with zero attached hydrogens (tertiary/aromatic N) is 1. The van der Waals surface area contributed by atoms with Crippen LogP contribution in [0.3, 0.4) is 0 Å². The number of carbonyl (C=O) groups is 2. The molecule has 2 aliphatic rings. The van der Waals surface area contributed by atoms with E-state index in [0.717, 1.165) is 37.8 Å². The molecule has 1 aliphatic carbocycles. The number of alkyl halides is 3. The zero-order valence-electron chi connectivity index (χ0n) is 15.4. The number of nitrogens with two attached hydrogens (primary N) is 1. The maximum Gasteiger partial charge on any atom is 0.416 e.